The van der Waals surface area contributed by atoms with Crippen LogP contribution >= 0.6 is 0 Å². The Morgan fingerprint density at radius 2 is 1.79 bits per heavy atom. The van der Waals surface area contributed by atoms with Crippen molar-refractivity contribution in [1.82, 2.24) is 5.32 Å². The van der Waals surface area contributed by atoms with Crippen LogP contribution in [-0.2, 0) is 27.3 Å². The highest BCUT2D eigenvalue weighted by molar-refractivity contribution is 5.93. The molecule has 178 valence electrons. The van der Waals surface area contributed by atoms with Gasteiger partial charge in [-0.05, 0) is 59.4 Å². The van der Waals surface area contributed by atoms with E-state index in [9.17, 15) is 14.4 Å². The van der Waals surface area contributed by atoms with Gasteiger partial charge in [0.25, 0.3) is 0 Å². The summed E-state index contributed by atoms with van der Waals surface area (Å²) in [5.74, 6) is -1.82. The minimum atomic E-state index is -0.840. The number of hydrogen-bond donors (Lipinski definition) is 3. The van der Waals surface area contributed by atoms with Crippen molar-refractivity contribution in [1.29, 1.82) is 0 Å². The number of carboxylic acids is 1. The number of aliphatic carboxylic acids is 1. The van der Waals surface area contributed by atoms with Crippen molar-refractivity contribution in [3.63, 3.8) is 0 Å². The maximum absolute atomic E-state index is 12.6. The third-order valence-corrected chi connectivity index (χ3v) is 5.82. The standard InChI is InChI=1S/C27H30N2O5/c1-18(23-10-4-8-20-6-2-3-9-24(20)23)26(32)29-14-15-34-27(33)21-13-12-19(22(16-21)17-28)7-5-11-25(30)31/h2-4,6,8-10,12-13,16,18H,5,7,11,14-15,17,28H2,1H3,(H,29,32)(H,30,31). The molecule has 0 aliphatic heterocycles. The van der Waals surface area contributed by atoms with Crippen LogP contribution in [0.4, 0.5) is 0 Å². The van der Waals surface area contributed by atoms with E-state index >= 15 is 0 Å². The van der Waals surface area contributed by atoms with E-state index in [2.05, 4.69) is 5.32 Å². The van der Waals surface area contributed by atoms with Gasteiger partial charge in [-0.3, -0.25) is 9.59 Å². The molecule has 0 bridgehead atoms. The number of amides is 1. The number of fused-ring (bicyclic) bond motifs is 1. The molecule has 0 saturated heterocycles. The molecule has 0 heterocycles. The van der Waals surface area contributed by atoms with E-state index in [4.69, 9.17) is 15.6 Å². The Hall–Kier alpha value is -3.71. The van der Waals surface area contributed by atoms with E-state index in [0.717, 1.165) is 27.5 Å². The van der Waals surface area contributed by atoms with Crippen molar-refractivity contribution in [2.24, 2.45) is 5.73 Å². The number of hydrogen-bond acceptors (Lipinski definition) is 5. The summed E-state index contributed by atoms with van der Waals surface area (Å²) in [5, 5.41) is 13.7. The van der Waals surface area contributed by atoms with Crippen molar-refractivity contribution in [3.8, 4) is 0 Å². The van der Waals surface area contributed by atoms with Gasteiger partial charge in [0.1, 0.15) is 6.61 Å². The summed E-state index contributed by atoms with van der Waals surface area (Å²) in [4.78, 5) is 35.8. The van der Waals surface area contributed by atoms with Gasteiger partial charge in [0.15, 0.2) is 0 Å². The maximum atomic E-state index is 12.6. The molecule has 3 aromatic rings. The first-order valence-corrected chi connectivity index (χ1v) is 11.4. The Morgan fingerprint density at radius 3 is 2.56 bits per heavy atom. The van der Waals surface area contributed by atoms with Crippen LogP contribution in [0.2, 0.25) is 0 Å². The molecule has 0 aliphatic rings. The average Bonchev–Trinajstić information content (AvgIpc) is 2.85. The molecule has 7 nitrogen and oxygen atoms in total. The molecule has 7 heteroatoms. The summed E-state index contributed by atoms with van der Waals surface area (Å²) in [7, 11) is 0. The third kappa shape index (κ3) is 6.42. The molecule has 1 amide bonds. The van der Waals surface area contributed by atoms with E-state index in [1.165, 1.54) is 0 Å². The topological polar surface area (TPSA) is 119 Å². The van der Waals surface area contributed by atoms with Crippen molar-refractivity contribution < 1.29 is 24.2 Å². The third-order valence-electron chi connectivity index (χ3n) is 5.82. The van der Waals surface area contributed by atoms with Crippen molar-refractivity contribution in [2.75, 3.05) is 13.2 Å². The van der Waals surface area contributed by atoms with Crippen LogP contribution in [0.1, 0.15) is 52.7 Å². The van der Waals surface area contributed by atoms with Crippen molar-refractivity contribution in [2.45, 2.75) is 38.6 Å². The fourth-order valence-electron chi connectivity index (χ4n) is 3.94. The Labute approximate surface area is 198 Å². The molecular formula is C27H30N2O5. The van der Waals surface area contributed by atoms with Gasteiger partial charge in [-0.1, -0.05) is 48.5 Å². The van der Waals surface area contributed by atoms with E-state index in [1.54, 1.807) is 18.2 Å². The Bertz CT molecular complexity index is 1170. The van der Waals surface area contributed by atoms with Gasteiger partial charge in [-0.2, -0.15) is 0 Å². The number of esters is 1. The van der Waals surface area contributed by atoms with Crippen LogP contribution in [0.5, 0.6) is 0 Å². The summed E-state index contributed by atoms with van der Waals surface area (Å²) >= 11 is 0. The molecule has 34 heavy (non-hydrogen) atoms. The number of carbonyl (C=O) groups excluding carboxylic acids is 2. The summed E-state index contributed by atoms with van der Waals surface area (Å²) in [6.07, 6.45) is 1.16. The number of benzene rings is 3. The van der Waals surface area contributed by atoms with Crippen molar-refractivity contribution in [3.05, 3.63) is 82.9 Å². The second-order valence-corrected chi connectivity index (χ2v) is 8.15. The van der Waals surface area contributed by atoms with Crippen LogP contribution < -0.4 is 11.1 Å². The lowest BCUT2D eigenvalue weighted by atomic mass is 9.94. The van der Waals surface area contributed by atoms with Gasteiger partial charge in [0, 0.05) is 13.0 Å². The number of nitrogens with one attached hydrogen (secondary N) is 1. The highest BCUT2D eigenvalue weighted by Crippen LogP contribution is 2.25. The van der Waals surface area contributed by atoms with E-state index in [0.29, 0.717) is 18.4 Å². The summed E-state index contributed by atoms with van der Waals surface area (Å²) in [6.45, 7) is 2.35. The number of rotatable bonds is 11. The predicted molar refractivity (Wildman–Crippen MR) is 131 cm³/mol. The van der Waals surface area contributed by atoms with Gasteiger partial charge in [-0.15, -0.1) is 0 Å². The average molecular weight is 463 g/mol. The van der Waals surface area contributed by atoms with E-state index in [-0.39, 0.29) is 37.9 Å². The number of carbonyl (C=O) groups is 3. The molecule has 0 spiro atoms. The maximum Gasteiger partial charge on any atom is 0.338 e. The van der Waals surface area contributed by atoms with Gasteiger partial charge in [-0.25, -0.2) is 4.79 Å². The molecule has 1 unspecified atom stereocenters. The SMILES string of the molecule is CC(C(=O)NCCOC(=O)c1ccc(CCCC(=O)O)c(CN)c1)c1cccc2ccccc12. The van der Waals surface area contributed by atoms with Crippen LogP contribution in [0, 0.1) is 0 Å². The quantitative estimate of drug-likeness (QED) is 0.295. The largest absolute Gasteiger partial charge is 0.481 e. The lowest BCUT2D eigenvalue weighted by molar-refractivity contribution is -0.137. The van der Waals surface area contributed by atoms with Crippen LogP contribution in [0.3, 0.4) is 0 Å². The molecule has 0 radical (unpaired) electrons. The molecule has 0 fully saturated rings. The van der Waals surface area contributed by atoms with Gasteiger partial charge in [0.2, 0.25) is 5.91 Å². The Kier molecular flexibility index (Phi) is 8.76. The molecular weight excluding hydrogens is 432 g/mol. The second-order valence-electron chi connectivity index (χ2n) is 8.15. The molecule has 3 rings (SSSR count). The normalized spacial score (nSPS) is 11.7. The van der Waals surface area contributed by atoms with Crippen LogP contribution in [-0.4, -0.2) is 36.1 Å². The molecule has 4 N–H and O–H groups in total. The zero-order valence-corrected chi connectivity index (χ0v) is 19.3. The first-order chi connectivity index (χ1) is 16.4. The number of ether oxygens (including phenoxy) is 1. The monoisotopic (exact) mass is 462 g/mol. The van der Waals surface area contributed by atoms with Gasteiger partial charge in [0.05, 0.1) is 18.0 Å². The number of carboxylic acid groups (broad SMARTS) is 1. The smallest absolute Gasteiger partial charge is 0.338 e. The lowest BCUT2D eigenvalue weighted by Crippen LogP contribution is -2.31. The van der Waals surface area contributed by atoms with Crippen molar-refractivity contribution >= 4 is 28.6 Å². The van der Waals surface area contributed by atoms with E-state index in [1.807, 2.05) is 49.4 Å². The molecule has 3 aromatic carbocycles. The zero-order valence-electron chi connectivity index (χ0n) is 19.3. The van der Waals surface area contributed by atoms with Crippen LogP contribution in [0.25, 0.3) is 10.8 Å². The first kappa shape index (κ1) is 24.9. The molecule has 1 atom stereocenters. The lowest BCUT2D eigenvalue weighted by Gasteiger charge is -2.15. The predicted octanol–water partition coefficient (Wildman–Crippen LogP) is 3.78. The Balaban J connectivity index is 1.50. The second kappa shape index (κ2) is 12.0. The van der Waals surface area contributed by atoms with Crippen LogP contribution in [0.15, 0.2) is 60.7 Å². The zero-order chi connectivity index (χ0) is 24.5. The molecule has 0 saturated carbocycles. The molecule has 0 aromatic heterocycles. The summed E-state index contributed by atoms with van der Waals surface area (Å²) in [6, 6.07) is 19.0. The number of nitrogens with two attached hydrogens (primary N) is 1. The number of aryl methyl sites for hydroxylation is 1. The highest BCUT2D eigenvalue weighted by Gasteiger charge is 2.17. The van der Waals surface area contributed by atoms with E-state index < -0.39 is 11.9 Å². The first-order valence-electron chi connectivity index (χ1n) is 11.4. The minimum absolute atomic E-state index is 0.0468. The highest BCUT2D eigenvalue weighted by atomic mass is 16.5. The summed E-state index contributed by atoms with van der Waals surface area (Å²) in [5.41, 5.74) is 8.84. The Morgan fingerprint density at radius 1 is 1.03 bits per heavy atom. The minimum Gasteiger partial charge on any atom is -0.481 e. The van der Waals surface area contributed by atoms with Gasteiger partial charge < -0.3 is 20.9 Å². The summed E-state index contributed by atoms with van der Waals surface area (Å²) < 4.78 is 5.31. The fourth-order valence-corrected chi connectivity index (χ4v) is 3.94. The molecule has 0 aliphatic carbocycles. The van der Waals surface area contributed by atoms with Gasteiger partial charge >= 0.3 is 11.9 Å². The fraction of sp³-hybridized carbons (Fsp3) is 0.296.